The van der Waals surface area contributed by atoms with E-state index in [-0.39, 0.29) is 0 Å². The van der Waals surface area contributed by atoms with E-state index in [0.717, 1.165) is 12.8 Å². The van der Waals surface area contributed by atoms with Gasteiger partial charge in [0, 0.05) is 12.3 Å². The summed E-state index contributed by atoms with van der Waals surface area (Å²) in [7, 11) is 0. The molecule has 16 heavy (non-hydrogen) atoms. The van der Waals surface area contributed by atoms with Gasteiger partial charge >= 0.3 is 0 Å². The van der Waals surface area contributed by atoms with Gasteiger partial charge in [-0.05, 0) is 32.3 Å². The molecule has 0 heterocycles. The molecule has 0 saturated heterocycles. The summed E-state index contributed by atoms with van der Waals surface area (Å²) in [5.74, 6) is 0.795. The van der Waals surface area contributed by atoms with E-state index in [0.29, 0.717) is 18.1 Å². The average Bonchev–Trinajstić information content (AvgIpc) is 2.68. The highest BCUT2D eigenvalue weighted by atomic mass is 16.1. The number of ketones is 1. The van der Waals surface area contributed by atoms with Gasteiger partial charge in [-0.25, -0.2) is 0 Å². The van der Waals surface area contributed by atoms with E-state index in [2.05, 4.69) is 32.0 Å². The van der Waals surface area contributed by atoms with Gasteiger partial charge in [-0.2, -0.15) is 0 Å². The van der Waals surface area contributed by atoms with Gasteiger partial charge in [0.05, 0.1) is 0 Å². The molecule has 1 heteroatoms. The summed E-state index contributed by atoms with van der Waals surface area (Å²) in [4.78, 5) is 12.0. The van der Waals surface area contributed by atoms with Gasteiger partial charge in [0.25, 0.3) is 0 Å². The fourth-order valence-electron chi connectivity index (χ4n) is 2.76. The lowest BCUT2D eigenvalue weighted by atomic mass is 9.95. The summed E-state index contributed by atoms with van der Waals surface area (Å²) in [6.45, 7) is 4.19. The van der Waals surface area contributed by atoms with E-state index in [1.807, 2.05) is 0 Å². The van der Waals surface area contributed by atoms with Crippen LogP contribution in [0, 0.1) is 19.8 Å². The van der Waals surface area contributed by atoms with E-state index in [9.17, 15) is 4.79 Å². The molecule has 1 fully saturated rings. The molecule has 0 bridgehead atoms. The molecule has 0 atom stereocenters. The van der Waals surface area contributed by atoms with E-state index >= 15 is 0 Å². The summed E-state index contributed by atoms with van der Waals surface area (Å²) in [5, 5.41) is 0. The lowest BCUT2D eigenvalue weighted by Crippen LogP contribution is -2.13. The molecule has 0 aromatic heterocycles. The van der Waals surface area contributed by atoms with Crippen molar-refractivity contribution in [2.75, 3.05) is 0 Å². The molecule has 0 unspecified atom stereocenters. The van der Waals surface area contributed by atoms with Gasteiger partial charge < -0.3 is 0 Å². The van der Waals surface area contributed by atoms with Crippen molar-refractivity contribution in [3.05, 3.63) is 34.9 Å². The quantitative estimate of drug-likeness (QED) is 0.754. The number of aryl methyl sites for hydroxylation is 2. The van der Waals surface area contributed by atoms with Gasteiger partial charge in [-0.15, -0.1) is 0 Å². The number of carbonyl (C=O) groups excluding carboxylic acids is 1. The predicted octanol–water partition coefficient (Wildman–Crippen LogP) is 3.61. The maximum atomic E-state index is 12.0. The number of Topliss-reactive ketones (excluding diaryl/α,β-unsaturated/α-hetero) is 1. The summed E-state index contributed by atoms with van der Waals surface area (Å²) in [6, 6.07) is 6.43. The van der Waals surface area contributed by atoms with Crippen LogP contribution >= 0.6 is 0 Å². The molecule has 1 nitrogen and oxygen atoms in total. The monoisotopic (exact) mass is 216 g/mol. The van der Waals surface area contributed by atoms with Gasteiger partial charge in [0.1, 0.15) is 5.78 Å². The minimum atomic E-state index is 0.348. The van der Waals surface area contributed by atoms with Crippen LogP contribution in [0.15, 0.2) is 18.2 Å². The average molecular weight is 216 g/mol. The molecule has 86 valence electrons. The Bertz CT molecular complexity index is 366. The molecule has 0 N–H and O–H groups in total. The first-order valence-corrected chi connectivity index (χ1v) is 6.25. The summed E-state index contributed by atoms with van der Waals surface area (Å²) in [5.41, 5.74) is 3.71. The first-order chi connectivity index (χ1) is 7.65. The predicted molar refractivity (Wildman–Crippen MR) is 66.6 cm³/mol. The fraction of sp³-hybridized carbons (Fsp3) is 0.533. The highest BCUT2D eigenvalue weighted by Crippen LogP contribution is 2.26. The summed E-state index contributed by atoms with van der Waals surface area (Å²) < 4.78 is 0. The Morgan fingerprint density at radius 3 is 2.25 bits per heavy atom. The lowest BCUT2D eigenvalue weighted by Gasteiger charge is -2.09. The van der Waals surface area contributed by atoms with Crippen molar-refractivity contribution in [2.24, 2.45) is 5.92 Å². The highest BCUT2D eigenvalue weighted by Gasteiger charge is 2.22. The second kappa shape index (κ2) is 4.82. The zero-order chi connectivity index (χ0) is 11.5. The molecule has 2 rings (SSSR count). The highest BCUT2D eigenvalue weighted by molar-refractivity contribution is 5.83. The molecule has 0 aliphatic heterocycles. The van der Waals surface area contributed by atoms with E-state index < -0.39 is 0 Å². The standard InChI is InChI=1S/C15H20O/c1-11-7-12(2)9-13(8-11)10-15(16)14-5-3-4-6-14/h7-9,14H,3-6,10H2,1-2H3. The largest absolute Gasteiger partial charge is 0.299 e. The second-order valence-corrected chi connectivity index (χ2v) is 5.12. The van der Waals surface area contributed by atoms with Crippen molar-refractivity contribution in [3.63, 3.8) is 0 Å². The first-order valence-electron chi connectivity index (χ1n) is 6.25. The minimum absolute atomic E-state index is 0.348. The second-order valence-electron chi connectivity index (χ2n) is 5.12. The number of hydrogen-bond acceptors (Lipinski definition) is 1. The van der Waals surface area contributed by atoms with Crippen molar-refractivity contribution < 1.29 is 4.79 Å². The fourth-order valence-corrected chi connectivity index (χ4v) is 2.76. The van der Waals surface area contributed by atoms with Gasteiger partial charge in [-0.1, -0.05) is 42.2 Å². The van der Waals surface area contributed by atoms with Crippen LogP contribution < -0.4 is 0 Å². The topological polar surface area (TPSA) is 17.1 Å². The number of hydrogen-bond donors (Lipinski definition) is 0. The normalized spacial score (nSPS) is 16.6. The number of benzene rings is 1. The molecule has 0 spiro atoms. The minimum Gasteiger partial charge on any atom is -0.299 e. The zero-order valence-electron chi connectivity index (χ0n) is 10.3. The van der Waals surface area contributed by atoms with E-state index in [1.165, 1.54) is 29.5 Å². The Morgan fingerprint density at radius 1 is 1.12 bits per heavy atom. The first kappa shape index (κ1) is 11.4. The van der Waals surface area contributed by atoms with Crippen LogP contribution in [0.5, 0.6) is 0 Å². The molecule has 1 aliphatic rings. The van der Waals surface area contributed by atoms with Crippen molar-refractivity contribution in [2.45, 2.75) is 46.0 Å². The van der Waals surface area contributed by atoms with Gasteiger partial charge in [-0.3, -0.25) is 4.79 Å². The van der Waals surface area contributed by atoms with Crippen LogP contribution in [-0.4, -0.2) is 5.78 Å². The molecule has 0 amide bonds. The van der Waals surface area contributed by atoms with Crippen molar-refractivity contribution in [1.29, 1.82) is 0 Å². The van der Waals surface area contributed by atoms with Gasteiger partial charge in [0.15, 0.2) is 0 Å². The Morgan fingerprint density at radius 2 is 1.69 bits per heavy atom. The Hall–Kier alpha value is -1.11. The lowest BCUT2D eigenvalue weighted by molar-refractivity contribution is -0.122. The van der Waals surface area contributed by atoms with Crippen molar-refractivity contribution in [3.8, 4) is 0 Å². The maximum absolute atomic E-state index is 12.0. The van der Waals surface area contributed by atoms with Crippen LogP contribution in [0.2, 0.25) is 0 Å². The molecule has 1 saturated carbocycles. The van der Waals surface area contributed by atoms with E-state index in [1.54, 1.807) is 0 Å². The third-order valence-corrected chi connectivity index (χ3v) is 3.47. The number of rotatable bonds is 3. The zero-order valence-corrected chi connectivity index (χ0v) is 10.3. The number of carbonyl (C=O) groups is 1. The van der Waals surface area contributed by atoms with Gasteiger partial charge in [0.2, 0.25) is 0 Å². The summed E-state index contributed by atoms with van der Waals surface area (Å²) >= 11 is 0. The third kappa shape index (κ3) is 2.72. The van der Waals surface area contributed by atoms with Crippen LogP contribution in [-0.2, 0) is 11.2 Å². The SMILES string of the molecule is Cc1cc(C)cc(CC(=O)C2CCCC2)c1. The molecule has 1 aromatic carbocycles. The molecule has 1 aromatic rings. The Kier molecular flexibility index (Phi) is 3.42. The molecule has 0 radical (unpaired) electrons. The van der Waals surface area contributed by atoms with Crippen LogP contribution in [0.25, 0.3) is 0 Å². The summed E-state index contributed by atoms with van der Waals surface area (Å²) in [6.07, 6.45) is 5.34. The van der Waals surface area contributed by atoms with Crippen LogP contribution in [0.3, 0.4) is 0 Å². The molecular weight excluding hydrogens is 196 g/mol. The Balaban J connectivity index is 2.05. The molecular formula is C15H20O. The third-order valence-electron chi connectivity index (χ3n) is 3.47. The van der Waals surface area contributed by atoms with Crippen molar-refractivity contribution >= 4 is 5.78 Å². The van der Waals surface area contributed by atoms with Crippen molar-refractivity contribution in [1.82, 2.24) is 0 Å². The molecule has 1 aliphatic carbocycles. The van der Waals surface area contributed by atoms with E-state index in [4.69, 9.17) is 0 Å². The van der Waals surface area contributed by atoms with Crippen LogP contribution in [0.4, 0.5) is 0 Å². The Labute approximate surface area is 97.9 Å². The smallest absolute Gasteiger partial charge is 0.140 e. The van der Waals surface area contributed by atoms with Crippen LogP contribution in [0.1, 0.15) is 42.4 Å². The maximum Gasteiger partial charge on any atom is 0.140 e.